The van der Waals surface area contributed by atoms with Crippen molar-refractivity contribution in [3.63, 3.8) is 0 Å². The number of nitriles is 1. The van der Waals surface area contributed by atoms with E-state index in [1.807, 2.05) is 6.20 Å². The van der Waals surface area contributed by atoms with Gasteiger partial charge in [-0.2, -0.15) is 5.26 Å². The Kier molecular flexibility index (Phi) is 5.67. The number of aryl methyl sites for hydroxylation is 2. The fourth-order valence-electron chi connectivity index (χ4n) is 4.18. The minimum Gasteiger partial charge on any atom is -0.356 e. The molecule has 0 radical (unpaired) electrons. The lowest BCUT2D eigenvalue weighted by molar-refractivity contribution is -0.124. The summed E-state index contributed by atoms with van der Waals surface area (Å²) in [6, 6.07) is 6.40. The minimum absolute atomic E-state index is 0.198. The lowest BCUT2D eigenvalue weighted by Crippen LogP contribution is -2.32. The number of benzene rings is 1. The zero-order valence-corrected chi connectivity index (χ0v) is 18.5. The number of hydrogen-bond donors (Lipinski definition) is 2. The van der Waals surface area contributed by atoms with Gasteiger partial charge in [0.15, 0.2) is 5.82 Å². The van der Waals surface area contributed by atoms with Crippen LogP contribution in [0.5, 0.6) is 0 Å². The van der Waals surface area contributed by atoms with E-state index >= 15 is 0 Å². The van der Waals surface area contributed by atoms with Crippen molar-refractivity contribution in [3.8, 4) is 17.5 Å². The molecule has 2 heterocycles. The number of rotatable bonds is 6. The van der Waals surface area contributed by atoms with E-state index in [4.69, 9.17) is 10.7 Å². The summed E-state index contributed by atoms with van der Waals surface area (Å²) in [5.74, 6) is 1.77. The molecule has 2 aromatic rings. The van der Waals surface area contributed by atoms with Gasteiger partial charge in [-0.3, -0.25) is 4.79 Å². The summed E-state index contributed by atoms with van der Waals surface area (Å²) in [6.07, 6.45) is 4.11. The van der Waals surface area contributed by atoms with Crippen LogP contribution in [0.15, 0.2) is 18.3 Å². The normalized spacial score (nSPS) is 19.2. The van der Waals surface area contributed by atoms with Crippen molar-refractivity contribution >= 4 is 11.7 Å². The Morgan fingerprint density at radius 2 is 2.03 bits per heavy atom. The zero-order valence-electron chi connectivity index (χ0n) is 18.5. The maximum atomic E-state index is 12.5. The molecule has 1 saturated carbocycles. The van der Waals surface area contributed by atoms with Gasteiger partial charge in [0.1, 0.15) is 11.2 Å². The van der Waals surface area contributed by atoms with Gasteiger partial charge >= 0.3 is 0 Å². The SMILES string of the molecule is Cc1cc(-c2ncc(CNC(=O)C3(C#N)CC3)c(N3CCC(CN)C3)n2)cc(C)c1C. The van der Waals surface area contributed by atoms with E-state index in [-0.39, 0.29) is 5.91 Å². The molecule has 0 spiro atoms. The first-order valence-electron chi connectivity index (χ1n) is 11.0. The standard InChI is InChI=1S/C24H30N6O/c1-15-8-19(9-16(2)17(15)3)21-27-11-20(12-28-23(31)24(14-26)5-6-24)22(29-21)30-7-4-18(10-25)13-30/h8-9,11,18H,4-7,10,12-13,25H2,1-3H3,(H,28,31). The number of aromatic nitrogens is 2. The van der Waals surface area contributed by atoms with Crippen LogP contribution in [-0.4, -0.2) is 35.5 Å². The first kappa shape index (κ1) is 21.3. The third-order valence-corrected chi connectivity index (χ3v) is 6.78. The Morgan fingerprint density at radius 3 is 2.61 bits per heavy atom. The third-order valence-electron chi connectivity index (χ3n) is 6.78. The van der Waals surface area contributed by atoms with Crippen LogP contribution in [0.3, 0.4) is 0 Å². The maximum Gasteiger partial charge on any atom is 0.240 e. The molecule has 2 aliphatic rings. The van der Waals surface area contributed by atoms with E-state index in [9.17, 15) is 10.1 Å². The zero-order chi connectivity index (χ0) is 22.2. The lowest BCUT2D eigenvalue weighted by Gasteiger charge is -2.22. The van der Waals surface area contributed by atoms with Gasteiger partial charge in [-0.05, 0) is 81.3 Å². The number of carbonyl (C=O) groups is 1. The van der Waals surface area contributed by atoms with Gasteiger partial charge < -0.3 is 16.0 Å². The average molecular weight is 419 g/mol. The molecule has 7 heteroatoms. The number of hydrogen-bond acceptors (Lipinski definition) is 6. The van der Waals surface area contributed by atoms with Gasteiger partial charge in [0.25, 0.3) is 0 Å². The summed E-state index contributed by atoms with van der Waals surface area (Å²) < 4.78 is 0. The van der Waals surface area contributed by atoms with Gasteiger partial charge in [-0.15, -0.1) is 0 Å². The minimum atomic E-state index is -0.837. The van der Waals surface area contributed by atoms with Gasteiger partial charge in [-0.1, -0.05) is 0 Å². The maximum absolute atomic E-state index is 12.5. The molecule has 3 N–H and O–H groups in total. The molecule has 7 nitrogen and oxygen atoms in total. The number of nitrogens with one attached hydrogen (secondary N) is 1. The van der Waals surface area contributed by atoms with Crippen LogP contribution in [0.2, 0.25) is 0 Å². The first-order chi connectivity index (χ1) is 14.9. The molecule has 1 unspecified atom stereocenters. The Hall–Kier alpha value is -2.98. The van der Waals surface area contributed by atoms with E-state index in [1.165, 1.54) is 16.7 Å². The third kappa shape index (κ3) is 4.13. The fraction of sp³-hybridized carbons (Fsp3) is 0.500. The summed E-state index contributed by atoms with van der Waals surface area (Å²) >= 11 is 0. The molecule has 1 atom stereocenters. The first-order valence-corrected chi connectivity index (χ1v) is 11.0. The van der Waals surface area contributed by atoms with Gasteiger partial charge in [0.2, 0.25) is 5.91 Å². The van der Waals surface area contributed by atoms with Crippen molar-refractivity contribution in [2.75, 3.05) is 24.5 Å². The van der Waals surface area contributed by atoms with Crippen molar-refractivity contribution in [2.24, 2.45) is 17.1 Å². The highest BCUT2D eigenvalue weighted by atomic mass is 16.2. The van der Waals surface area contributed by atoms with Gasteiger partial charge in [-0.25, -0.2) is 9.97 Å². The second-order valence-corrected chi connectivity index (χ2v) is 8.99. The number of nitrogens with two attached hydrogens (primary N) is 1. The molecule has 1 aliphatic carbocycles. The topological polar surface area (TPSA) is 108 Å². The average Bonchev–Trinajstić information content (AvgIpc) is 3.44. The Bertz CT molecular complexity index is 1030. The Labute approximate surface area is 183 Å². The van der Waals surface area contributed by atoms with Crippen molar-refractivity contribution in [2.45, 2.75) is 46.6 Å². The van der Waals surface area contributed by atoms with Crippen LogP contribution in [0.25, 0.3) is 11.4 Å². The number of nitrogens with zero attached hydrogens (tertiary/aromatic N) is 4. The fourth-order valence-corrected chi connectivity index (χ4v) is 4.18. The number of anilines is 1. The second kappa shape index (κ2) is 8.27. The monoisotopic (exact) mass is 418 g/mol. The van der Waals surface area contributed by atoms with Gasteiger partial charge in [0.05, 0.1) is 6.07 Å². The van der Waals surface area contributed by atoms with Crippen LogP contribution in [-0.2, 0) is 11.3 Å². The predicted octanol–water partition coefficient (Wildman–Crippen LogP) is 2.77. The molecular weight excluding hydrogens is 388 g/mol. The Morgan fingerprint density at radius 1 is 1.32 bits per heavy atom. The van der Waals surface area contributed by atoms with Crippen LogP contribution in [0.4, 0.5) is 5.82 Å². The van der Waals surface area contributed by atoms with Crippen LogP contribution in [0, 0.1) is 43.4 Å². The van der Waals surface area contributed by atoms with Crippen LogP contribution >= 0.6 is 0 Å². The van der Waals surface area contributed by atoms with Crippen LogP contribution < -0.4 is 16.0 Å². The van der Waals surface area contributed by atoms with E-state index in [2.05, 4.69) is 54.2 Å². The van der Waals surface area contributed by atoms with E-state index in [0.717, 1.165) is 36.5 Å². The number of carbonyl (C=O) groups excluding carboxylic acids is 1. The highest BCUT2D eigenvalue weighted by molar-refractivity contribution is 5.88. The summed E-state index contributed by atoms with van der Waals surface area (Å²) in [6.45, 7) is 9.03. The molecule has 162 valence electrons. The summed E-state index contributed by atoms with van der Waals surface area (Å²) in [7, 11) is 0. The highest BCUT2D eigenvalue weighted by Crippen LogP contribution is 2.45. The van der Waals surface area contributed by atoms with Crippen molar-refractivity contribution < 1.29 is 4.79 Å². The van der Waals surface area contributed by atoms with E-state index < -0.39 is 5.41 Å². The molecule has 2 fully saturated rings. The molecule has 0 bridgehead atoms. The molecule has 1 saturated heterocycles. The van der Waals surface area contributed by atoms with E-state index in [1.54, 1.807) is 0 Å². The molecule has 1 aromatic carbocycles. The summed E-state index contributed by atoms with van der Waals surface area (Å²) in [4.78, 5) is 24.3. The molecule has 31 heavy (non-hydrogen) atoms. The summed E-state index contributed by atoms with van der Waals surface area (Å²) in [5, 5.41) is 12.2. The Balaban J connectivity index is 1.65. The van der Waals surface area contributed by atoms with Crippen molar-refractivity contribution in [1.82, 2.24) is 15.3 Å². The molecule has 4 rings (SSSR count). The van der Waals surface area contributed by atoms with Crippen molar-refractivity contribution in [3.05, 3.63) is 40.6 Å². The number of amides is 1. The van der Waals surface area contributed by atoms with Crippen LogP contribution in [0.1, 0.15) is 41.5 Å². The molecular formula is C24H30N6O. The van der Waals surface area contributed by atoms with E-state index in [0.29, 0.717) is 37.7 Å². The van der Waals surface area contributed by atoms with Gasteiger partial charge in [0, 0.05) is 37.0 Å². The van der Waals surface area contributed by atoms with Crippen molar-refractivity contribution in [1.29, 1.82) is 5.26 Å². The molecule has 1 aromatic heterocycles. The largest absolute Gasteiger partial charge is 0.356 e. The molecule has 1 aliphatic heterocycles. The highest BCUT2D eigenvalue weighted by Gasteiger charge is 2.50. The quantitative estimate of drug-likeness (QED) is 0.747. The second-order valence-electron chi connectivity index (χ2n) is 8.99. The molecule has 1 amide bonds. The predicted molar refractivity (Wildman–Crippen MR) is 120 cm³/mol. The summed E-state index contributed by atoms with van der Waals surface area (Å²) in [5.41, 5.74) is 10.6. The lowest BCUT2D eigenvalue weighted by atomic mass is 10.0. The smallest absolute Gasteiger partial charge is 0.240 e.